The summed E-state index contributed by atoms with van der Waals surface area (Å²) in [5.41, 5.74) is 3.36. The third-order valence-corrected chi connectivity index (χ3v) is 7.64. The van der Waals surface area contributed by atoms with Crippen molar-refractivity contribution in [1.82, 2.24) is 24.3 Å². The van der Waals surface area contributed by atoms with Gasteiger partial charge in [0.25, 0.3) is 5.56 Å². The van der Waals surface area contributed by atoms with Gasteiger partial charge in [0.05, 0.1) is 24.8 Å². The summed E-state index contributed by atoms with van der Waals surface area (Å²) in [6.45, 7) is 7.36. The molecule has 0 N–H and O–H groups in total. The van der Waals surface area contributed by atoms with E-state index in [-0.39, 0.29) is 55.2 Å². The van der Waals surface area contributed by atoms with E-state index < -0.39 is 0 Å². The molecule has 4 heterocycles. The van der Waals surface area contributed by atoms with Crippen LogP contribution in [0.1, 0.15) is 30.4 Å². The molecule has 1 aromatic carbocycles. The highest BCUT2D eigenvalue weighted by Crippen LogP contribution is 2.20. The molecule has 0 saturated carbocycles. The van der Waals surface area contributed by atoms with Crippen LogP contribution in [-0.2, 0) is 24.9 Å². The normalized spacial score (nSPS) is 13.3. The molecule has 1 aliphatic heterocycles. The summed E-state index contributed by atoms with van der Waals surface area (Å²) >= 11 is 0. The van der Waals surface area contributed by atoms with Crippen molar-refractivity contribution < 1.29 is 9.47 Å². The van der Waals surface area contributed by atoms with Gasteiger partial charge >= 0.3 is 0 Å². The quantitative estimate of drug-likeness (QED) is 0.161. The van der Waals surface area contributed by atoms with Crippen LogP contribution in [-0.4, -0.2) is 69.8 Å². The Hall–Kier alpha value is -2.43. The first-order chi connectivity index (χ1) is 19.6. The first-order valence-electron chi connectivity index (χ1n) is 14.2. The van der Waals surface area contributed by atoms with E-state index in [0.717, 1.165) is 75.2 Å². The predicted molar refractivity (Wildman–Crippen MR) is 186 cm³/mol. The van der Waals surface area contributed by atoms with Crippen LogP contribution >= 0.6 is 49.6 Å². The molecule has 0 radical (unpaired) electrons. The summed E-state index contributed by atoms with van der Waals surface area (Å²) in [6.07, 6.45) is 10.8. The van der Waals surface area contributed by atoms with E-state index >= 15 is 0 Å². The van der Waals surface area contributed by atoms with Gasteiger partial charge in [-0.1, -0.05) is 0 Å². The molecule has 1 fully saturated rings. The van der Waals surface area contributed by atoms with E-state index in [1.807, 2.05) is 61.2 Å². The Balaban J connectivity index is 0.00000242. The van der Waals surface area contributed by atoms with Gasteiger partial charge < -0.3 is 18.9 Å². The number of fused-ring (bicyclic) bond motifs is 1. The molecule has 0 aliphatic carbocycles. The fourth-order valence-corrected chi connectivity index (χ4v) is 5.22. The van der Waals surface area contributed by atoms with Crippen molar-refractivity contribution in [2.75, 3.05) is 39.3 Å². The predicted octanol–water partition coefficient (Wildman–Crippen LogP) is 5.97. The summed E-state index contributed by atoms with van der Waals surface area (Å²) < 4.78 is 13.9. The zero-order valence-corrected chi connectivity index (χ0v) is 28.2. The Labute approximate surface area is 284 Å². The Kier molecular flexibility index (Phi) is 18.5. The number of piperidine rings is 1. The molecule has 0 bridgehead atoms. The van der Waals surface area contributed by atoms with Crippen molar-refractivity contribution in [3.63, 3.8) is 0 Å². The van der Waals surface area contributed by atoms with E-state index in [9.17, 15) is 4.79 Å². The minimum absolute atomic E-state index is 0. The van der Waals surface area contributed by atoms with E-state index in [0.29, 0.717) is 19.3 Å². The maximum atomic E-state index is 11.9. The van der Waals surface area contributed by atoms with Crippen LogP contribution in [0.4, 0.5) is 0 Å². The molecule has 0 atom stereocenters. The average Bonchev–Trinajstić information content (AvgIpc) is 3.00. The van der Waals surface area contributed by atoms with Crippen molar-refractivity contribution >= 4 is 60.5 Å². The van der Waals surface area contributed by atoms with E-state index in [4.69, 9.17) is 9.47 Å². The lowest BCUT2D eigenvalue weighted by Gasteiger charge is -2.33. The zero-order valence-electron chi connectivity index (χ0n) is 25.0. The second-order valence-electron chi connectivity index (χ2n) is 10.5. The van der Waals surface area contributed by atoms with Gasteiger partial charge in [0.1, 0.15) is 5.75 Å². The third kappa shape index (κ3) is 11.8. The molecule has 0 spiro atoms. The van der Waals surface area contributed by atoms with Crippen molar-refractivity contribution in [2.45, 2.75) is 38.5 Å². The highest BCUT2D eigenvalue weighted by Gasteiger charge is 2.20. The Morgan fingerprint density at radius 2 is 1.50 bits per heavy atom. The summed E-state index contributed by atoms with van der Waals surface area (Å²) in [4.78, 5) is 25.2. The number of aryl methyl sites for hydroxylation is 1. The lowest BCUT2D eigenvalue weighted by Crippen LogP contribution is -2.41. The van der Waals surface area contributed by atoms with Crippen LogP contribution in [0.15, 0.2) is 84.2 Å². The maximum absolute atomic E-state index is 11.9. The van der Waals surface area contributed by atoms with E-state index in [2.05, 4.69) is 31.9 Å². The molecule has 5 rings (SSSR count). The van der Waals surface area contributed by atoms with Crippen molar-refractivity contribution in [3.05, 3.63) is 101 Å². The highest BCUT2D eigenvalue weighted by molar-refractivity contribution is 5.86. The molecular formula is C32H43Cl4N5O3. The number of rotatable bonds is 13. The average molecular weight is 688 g/mol. The Morgan fingerprint density at radius 3 is 2.18 bits per heavy atom. The lowest BCUT2D eigenvalue weighted by molar-refractivity contribution is -0.00400. The SMILES string of the molecule is Cl.Cl.Cl.Cl.Cn1c(=O)ccc2cc(OCCCN(CCN3CCC(OCc4ccncc4)CC3)Cc3ccncc3)ccc21. The molecule has 8 nitrogen and oxygen atoms in total. The third-order valence-electron chi connectivity index (χ3n) is 7.64. The number of likely N-dealkylation sites (tertiary alicyclic amines) is 1. The van der Waals surface area contributed by atoms with Gasteiger partial charge in [0.2, 0.25) is 0 Å². The second-order valence-corrected chi connectivity index (χ2v) is 10.5. The topological polar surface area (TPSA) is 72.7 Å². The molecule has 3 aromatic heterocycles. The first kappa shape index (κ1) is 39.6. The number of benzene rings is 1. The van der Waals surface area contributed by atoms with E-state index in [1.165, 1.54) is 11.1 Å². The zero-order chi connectivity index (χ0) is 27.6. The van der Waals surface area contributed by atoms with Crippen LogP contribution in [0.3, 0.4) is 0 Å². The molecule has 4 aromatic rings. The fraction of sp³-hybridized carbons (Fsp3) is 0.406. The van der Waals surface area contributed by atoms with Crippen LogP contribution in [0.25, 0.3) is 10.9 Å². The van der Waals surface area contributed by atoms with Gasteiger partial charge in [0, 0.05) is 82.6 Å². The van der Waals surface area contributed by atoms with Gasteiger partial charge in [0.15, 0.2) is 0 Å². The molecule has 242 valence electrons. The maximum Gasteiger partial charge on any atom is 0.250 e. The summed E-state index contributed by atoms with van der Waals surface area (Å²) in [5, 5.41) is 1.01. The van der Waals surface area contributed by atoms with Crippen LogP contribution < -0.4 is 10.3 Å². The number of ether oxygens (including phenoxy) is 2. The van der Waals surface area contributed by atoms with Crippen molar-refractivity contribution in [2.24, 2.45) is 7.05 Å². The first-order valence-corrected chi connectivity index (χ1v) is 14.2. The number of pyridine rings is 3. The number of nitrogens with zero attached hydrogens (tertiary/aromatic N) is 5. The van der Waals surface area contributed by atoms with Crippen molar-refractivity contribution in [3.8, 4) is 5.75 Å². The smallest absolute Gasteiger partial charge is 0.250 e. The second kappa shape index (κ2) is 20.6. The van der Waals surface area contributed by atoms with E-state index in [1.54, 1.807) is 17.7 Å². The van der Waals surface area contributed by atoms with Crippen LogP contribution in [0.5, 0.6) is 5.75 Å². The van der Waals surface area contributed by atoms with Gasteiger partial charge in [-0.3, -0.25) is 19.7 Å². The molecule has 0 unspecified atom stereocenters. The van der Waals surface area contributed by atoms with Crippen molar-refractivity contribution in [1.29, 1.82) is 0 Å². The van der Waals surface area contributed by atoms with Gasteiger partial charge in [-0.2, -0.15) is 0 Å². The summed E-state index contributed by atoms with van der Waals surface area (Å²) in [6, 6.07) is 17.6. The van der Waals surface area contributed by atoms with Crippen LogP contribution in [0.2, 0.25) is 0 Å². The highest BCUT2D eigenvalue weighted by atomic mass is 35.5. The summed E-state index contributed by atoms with van der Waals surface area (Å²) in [5.74, 6) is 0.834. The van der Waals surface area contributed by atoms with Gasteiger partial charge in [-0.15, -0.1) is 49.6 Å². The molecule has 1 saturated heterocycles. The number of hydrogen-bond donors (Lipinski definition) is 0. The summed E-state index contributed by atoms with van der Waals surface area (Å²) in [7, 11) is 1.79. The molecule has 1 aliphatic rings. The lowest BCUT2D eigenvalue weighted by atomic mass is 10.1. The molecule has 44 heavy (non-hydrogen) atoms. The number of aromatic nitrogens is 3. The Morgan fingerprint density at radius 1 is 0.841 bits per heavy atom. The Bertz CT molecular complexity index is 1410. The fourth-order valence-electron chi connectivity index (χ4n) is 5.22. The van der Waals surface area contributed by atoms with Gasteiger partial charge in [-0.25, -0.2) is 0 Å². The minimum Gasteiger partial charge on any atom is -0.494 e. The number of hydrogen-bond acceptors (Lipinski definition) is 7. The molecule has 0 amide bonds. The minimum atomic E-state index is -0.00539. The van der Waals surface area contributed by atoms with Crippen LogP contribution in [0, 0.1) is 0 Å². The number of halogens is 4. The molecular weight excluding hydrogens is 644 g/mol. The largest absolute Gasteiger partial charge is 0.494 e. The molecule has 12 heteroatoms. The monoisotopic (exact) mass is 685 g/mol. The standard InChI is InChI=1S/C32H39N5O3.4ClH/c1-35-31-5-4-30(23-28(31)3-6-32(35)38)39-22-2-17-37(24-26-7-13-33-14-8-26)21-20-36-18-11-29(12-19-36)40-25-27-9-15-34-16-10-27;;;;/h3-10,13-16,23,29H,2,11-12,17-22,24-25H2,1H3;4*1H. The van der Waals surface area contributed by atoms with Gasteiger partial charge in [-0.05, 0) is 78.9 Å².